The number of methoxy groups -OCH3 is 1. The standard InChI is InChI=1S/C22H21F2N5O6/c1-33-19-16(8-9-17(27-19)34-13-5-2-11(3-6-13)21(31)32)26-18(30)20-28-29-22(35-20)25-12-4-7-14(23)15(24)10-12/h4,7-11,13H,2-3,5-6H2,1H3,(H,25,29)(H,26,30)(H,31,32)/t11-,13-. The number of hydrogen-bond donors (Lipinski definition) is 3. The van der Waals surface area contributed by atoms with Crippen LogP contribution in [-0.2, 0) is 4.79 Å². The van der Waals surface area contributed by atoms with Gasteiger partial charge in [-0.3, -0.25) is 9.59 Å². The molecule has 1 saturated carbocycles. The molecule has 11 nitrogen and oxygen atoms in total. The second-order valence-electron chi connectivity index (χ2n) is 7.76. The smallest absolute Gasteiger partial charge is 0.320 e. The van der Waals surface area contributed by atoms with Crippen LogP contribution in [0.2, 0.25) is 0 Å². The summed E-state index contributed by atoms with van der Waals surface area (Å²) >= 11 is 0. The van der Waals surface area contributed by atoms with E-state index in [1.54, 1.807) is 6.07 Å². The zero-order valence-corrected chi connectivity index (χ0v) is 18.5. The van der Waals surface area contributed by atoms with Gasteiger partial charge < -0.3 is 29.6 Å². The summed E-state index contributed by atoms with van der Waals surface area (Å²) in [5.41, 5.74) is 0.366. The summed E-state index contributed by atoms with van der Waals surface area (Å²) in [6.07, 6.45) is 2.09. The van der Waals surface area contributed by atoms with Gasteiger partial charge in [0.15, 0.2) is 11.6 Å². The third-order valence-corrected chi connectivity index (χ3v) is 5.38. The predicted octanol–water partition coefficient (Wildman–Crippen LogP) is 3.77. The molecule has 184 valence electrons. The molecule has 0 unspecified atom stereocenters. The van der Waals surface area contributed by atoms with Gasteiger partial charge in [0.2, 0.25) is 11.8 Å². The molecular weight excluding hydrogens is 468 g/mol. The Morgan fingerprint density at radius 3 is 2.54 bits per heavy atom. The van der Waals surface area contributed by atoms with E-state index in [4.69, 9.17) is 19.0 Å². The Bertz CT molecular complexity index is 1230. The Balaban J connectivity index is 1.37. The highest BCUT2D eigenvalue weighted by Crippen LogP contribution is 2.30. The number of hydrogen-bond acceptors (Lipinski definition) is 9. The Kier molecular flexibility index (Phi) is 7.03. The number of ether oxygens (including phenoxy) is 2. The normalized spacial score (nSPS) is 17.5. The van der Waals surface area contributed by atoms with Gasteiger partial charge >= 0.3 is 23.8 Å². The minimum absolute atomic E-state index is 0.0784. The molecule has 1 amide bonds. The number of rotatable bonds is 8. The van der Waals surface area contributed by atoms with Crippen LogP contribution in [0.4, 0.5) is 26.2 Å². The Hall–Kier alpha value is -4.29. The van der Waals surface area contributed by atoms with Crippen molar-refractivity contribution >= 4 is 29.3 Å². The van der Waals surface area contributed by atoms with Crippen LogP contribution in [-0.4, -0.2) is 45.4 Å². The number of carbonyl (C=O) groups is 2. The van der Waals surface area contributed by atoms with Crippen LogP contribution in [0.5, 0.6) is 11.8 Å². The lowest BCUT2D eigenvalue weighted by atomic mass is 9.87. The lowest BCUT2D eigenvalue weighted by molar-refractivity contribution is -0.143. The first-order valence-corrected chi connectivity index (χ1v) is 10.6. The molecule has 1 fully saturated rings. The lowest BCUT2D eigenvalue weighted by Crippen LogP contribution is -2.28. The zero-order valence-electron chi connectivity index (χ0n) is 18.5. The average molecular weight is 489 g/mol. The Labute approximate surface area is 197 Å². The number of carbonyl (C=O) groups excluding carboxylic acids is 1. The number of pyridine rings is 1. The highest BCUT2D eigenvalue weighted by molar-refractivity contribution is 6.01. The fourth-order valence-corrected chi connectivity index (χ4v) is 3.58. The van der Waals surface area contributed by atoms with E-state index in [1.807, 2.05) is 0 Å². The summed E-state index contributed by atoms with van der Waals surface area (Å²) in [6, 6.07) is 5.96. The third kappa shape index (κ3) is 5.80. The van der Waals surface area contributed by atoms with Crippen molar-refractivity contribution in [1.82, 2.24) is 15.2 Å². The molecule has 2 aromatic heterocycles. The summed E-state index contributed by atoms with van der Waals surface area (Å²) < 4.78 is 42.7. The number of aromatic nitrogens is 3. The molecule has 3 N–H and O–H groups in total. The minimum Gasteiger partial charge on any atom is -0.481 e. The van der Waals surface area contributed by atoms with Crippen LogP contribution in [0, 0.1) is 17.6 Å². The van der Waals surface area contributed by atoms with E-state index < -0.39 is 29.4 Å². The van der Waals surface area contributed by atoms with Crippen molar-refractivity contribution in [3.05, 3.63) is 47.9 Å². The molecule has 1 aliphatic rings. The molecule has 3 aromatic rings. The van der Waals surface area contributed by atoms with Crippen LogP contribution < -0.4 is 20.1 Å². The number of anilines is 3. The number of nitrogens with zero attached hydrogens (tertiary/aromatic N) is 3. The molecule has 0 bridgehead atoms. The SMILES string of the molecule is COc1nc(O[C@H]2CC[C@H](C(=O)O)CC2)ccc1NC(=O)c1nnc(Nc2ccc(F)c(F)c2)o1. The molecule has 0 radical (unpaired) electrons. The van der Waals surface area contributed by atoms with Crippen LogP contribution >= 0.6 is 0 Å². The first-order chi connectivity index (χ1) is 16.8. The summed E-state index contributed by atoms with van der Waals surface area (Å²) in [7, 11) is 1.37. The molecule has 0 saturated heterocycles. The number of carboxylic acids is 1. The fourth-order valence-electron chi connectivity index (χ4n) is 3.58. The largest absolute Gasteiger partial charge is 0.481 e. The maximum atomic E-state index is 13.3. The van der Waals surface area contributed by atoms with Crippen molar-refractivity contribution in [2.45, 2.75) is 31.8 Å². The molecule has 13 heteroatoms. The number of halogens is 2. The lowest BCUT2D eigenvalue weighted by Gasteiger charge is -2.26. The van der Waals surface area contributed by atoms with Crippen LogP contribution in [0.25, 0.3) is 0 Å². The first-order valence-electron chi connectivity index (χ1n) is 10.6. The Morgan fingerprint density at radius 2 is 1.86 bits per heavy atom. The van der Waals surface area contributed by atoms with Crippen molar-refractivity contribution in [3.8, 4) is 11.8 Å². The maximum absolute atomic E-state index is 13.3. The molecule has 0 aliphatic heterocycles. The van der Waals surface area contributed by atoms with Gasteiger partial charge in [-0.2, -0.15) is 4.98 Å². The van der Waals surface area contributed by atoms with E-state index in [1.165, 1.54) is 19.2 Å². The van der Waals surface area contributed by atoms with E-state index in [9.17, 15) is 18.4 Å². The molecule has 0 atom stereocenters. The highest BCUT2D eigenvalue weighted by Gasteiger charge is 2.27. The van der Waals surface area contributed by atoms with Gasteiger partial charge in [0.25, 0.3) is 0 Å². The van der Waals surface area contributed by atoms with Crippen molar-refractivity contribution in [2.24, 2.45) is 5.92 Å². The van der Waals surface area contributed by atoms with E-state index in [0.29, 0.717) is 25.7 Å². The summed E-state index contributed by atoms with van der Waals surface area (Å²) in [6.45, 7) is 0. The minimum atomic E-state index is -1.06. The van der Waals surface area contributed by atoms with Gasteiger partial charge in [0.1, 0.15) is 11.8 Å². The van der Waals surface area contributed by atoms with E-state index >= 15 is 0 Å². The van der Waals surface area contributed by atoms with Crippen molar-refractivity contribution in [2.75, 3.05) is 17.7 Å². The summed E-state index contributed by atoms with van der Waals surface area (Å²) in [5, 5.41) is 21.5. The monoisotopic (exact) mass is 489 g/mol. The number of aliphatic carboxylic acids is 1. The average Bonchev–Trinajstić information content (AvgIpc) is 3.31. The van der Waals surface area contributed by atoms with Gasteiger partial charge in [-0.1, -0.05) is 5.10 Å². The van der Waals surface area contributed by atoms with E-state index in [-0.39, 0.29) is 41.2 Å². The quantitative estimate of drug-likeness (QED) is 0.427. The molecule has 1 aromatic carbocycles. The second-order valence-corrected chi connectivity index (χ2v) is 7.76. The number of benzene rings is 1. The number of amides is 1. The highest BCUT2D eigenvalue weighted by atomic mass is 19.2. The van der Waals surface area contributed by atoms with E-state index in [0.717, 1.165) is 12.1 Å². The molecular formula is C22H21F2N5O6. The number of carboxylic acid groups (broad SMARTS) is 1. The second kappa shape index (κ2) is 10.3. The van der Waals surface area contributed by atoms with Crippen LogP contribution in [0.3, 0.4) is 0 Å². The zero-order chi connectivity index (χ0) is 24.9. The van der Waals surface area contributed by atoms with Gasteiger partial charge in [0, 0.05) is 17.8 Å². The molecule has 2 heterocycles. The van der Waals surface area contributed by atoms with Crippen LogP contribution in [0.15, 0.2) is 34.7 Å². The summed E-state index contributed by atoms with van der Waals surface area (Å²) in [5.74, 6) is -4.02. The number of nitrogens with one attached hydrogen (secondary N) is 2. The molecule has 35 heavy (non-hydrogen) atoms. The Morgan fingerprint density at radius 1 is 1.09 bits per heavy atom. The fraction of sp³-hybridized carbons (Fsp3) is 0.318. The molecule has 1 aliphatic carbocycles. The van der Waals surface area contributed by atoms with Crippen LogP contribution in [0.1, 0.15) is 36.4 Å². The van der Waals surface area contributed by atoms with Gasteiger partial charge in [-0.15, -0.1) is 5.10 Å². The molecule has 4 rings (SSSR count). The summed E-state index contributed by atoms with van der Waals surface area (Å²) in [4.78, 5) is 27.9. The van der Waals surface area contributed by atoms with E-state index in [2.05, 4.69) is 25.8 Å². The van der Waals surface area contributed by atoms with Crippen molar-refractivity contribution in [1.29, 1.82) is 0 Å². The van der Waals surface area contributed by atoms with Crippen molar-refractivity contribution < 1.29 is 37.4 Å². The van der Waals surface area contributed by atoms with Gasteiger partial charge in [-0.05, 0) is 43.9 Å². The molecule has 0 spiro atoms. The first kappa shape index (κ1) is 23.9. The predicted molar refractivity (Wildman–Crippen MR) is 117 cm³/mol. The van der Waals surface area contributed by atoms with Gasteiger partial charge in [0.05, 0.1) is 13.0 Å². The van der Waals surface area contributed by atoms with Crippen molar-refractivity contribution in [3.63, 3.8) is 0 Å². The third-order valence-electron chi connectivity index (χ3n) is 5.38. The topological polar surface area (TPSA) is 149 Å². The van der Waals surface area contributed by atoms with Gasteiger partial charge in [-0.25, -0.2) is 8.78 Å². The maximum Gasteiger partial charge on any atom is 0.320 e.